The Labute approximate surface area is 203 Å². The number of nitro groups is 1. The minimum atomic E-state index is -0.463. The lowest BCUT2D eigenvalue weighted by Gasteiger charge is -2.26. The van der Waals surface area contributed by atoms with Gasteiger partial charge in [0, 0.05) is 28.8 Å². The number of aromatic nitrogens is 4. The molecule has 2 aromatic carbocycles. The zero-order valence-corrected chi connectivity index (χ0v) is 19.6. The van der Waals surface area contributed by atoms with Gasteiger partial charge in [-0.1, -0.05) is 42.6 Å². The van der Waals surface area contributed by atoms with E-state index in [-0.39, 0.29) is 23.2 Å². The molecule has 0 unspecified atom stereocenters. The maximum Gasteiger partial charge on any atom is 0.269 e. The van der Waals surface area contributed by atoms with Crippen molar-refractivity contribution in [1.82, 2.24) is 19.7 Å². The van der Waals surface area contributed by atoms with Crippen LogP contribution in [0.25, 0.3) is 22.4 Å². The van der Waals surface area contributed by atoms with Gasteiger partial charge in [-0.2, -0.15) is 0 Å². The molecule has 0 radical (unpaired) electrons. The van der Waals surface area contributed by atoms with Gasteiger partial charge in [-0.25, -0.2) is 4.98 Å². The first-order chi connectivity index (χ1) is 16.5. The van der Waals surface area contributed by atoms with Gasteiger partial charge in [0.25, 0.3) is 11.2 Å². The van der Waals surface area contributed by atoms with Crippen molar-refractivity contribution in [2.24, 2.45) is 0 Å². The molecule has 0 saturated heterocycles. The number of rotatable bonds is 6. The van der Waals surface area contributed by atoms with Crippen LogP contribution in [0.5, 0.6) is 0 Å². The van der Waals surface area contributed by atoms with Crippen LogP contribution in [0.3, 0.4) is 0 Å². The van der Waals surface area contributed by atoms with Gasteiger partial charge in [0.15, 0.2) is 5.16 Å². The van der Waals surface area contributed by atoms with E-state index in [1.807, 2.05) is 4.57 Å². The van der Waals surface area contributed by atoms with Crippen molar-refractivity contribution in [3.63, 3.8) is 0 Å². The first kappa shape index (κ1) is 22.5. The highest BCUT2D eigenvalue weighted by Gasteiger charge is 2.23. The largest absolute Gasteiger partial charge is 0.420 e. The average molecular weight is 498 g/mol. The molecule has 174 valence electrons. The number of nitro benzene ring substituents is 1. The van der Waals surface area contributed by atoms with Gasteiger partial charge in [-0.05, 0) is 43.2 Å². The number of benzene rings is 2. The predicted octanol–water partition coefficient (Wildman–Crippen LogP) is 5.81. The molecule has 1 fully saturated rings. The summed E-state index contributed by atoms with van der Waals surface area (Å²) >= 11 is 7.51. The summed E-state index contributed by atoms with van der Waals surface area (Å²) in [5.74, 6) is 0.966. The molecule has 0 aliphatic heterocycles. The fourth-order valence-electron chi connectivity index (χ4n) is 4.20. The lowest BCUT2D eigenvalue weighted by atomic mass is 9.95. The van der Waals surface area contributed by atoms with E-state index in [1.54, 1.807) is 30.3 Å². The van der Waals surface area contributed by atoms with E-state index in [4.69, 9.17) is 21.0 Å². The molecule has 0 bridgehead atoms. The van der Waals surface area contributed by atoms with Gasteiger partial charge in [0.2, 0.25) is 11.8 Å². The molecule has 1 aliphatic carbocycles. The van der Waals surface area contributed by atoms with Crippen molar-refractivity contribution in [2.45, 2.75) is 49.1 Å². The first-order valence-corrected chi connectivity index (χ1v) is 12.3. The zero-order chi connectivity index (χ0) is 23.7. The molecule has 0 spiro atoms. The third-order valence-electron chi connectivity index (χ3n) is 5.89. The zero-order valence-electron chi connectivity index (χ0n) is 18.0. The predicted molar refractivity (Wildman–Crippen MR) is 129 cm³/mol. The Morgan fingerprint density at radius 3 is 2.62 bits per heavy atom. The number of hydrogen-bond acceptors (Lipinski definition) is 8. The van der Waals surface area contributed by atoms with Crippen molar-refractivity contribution in [3.05, 3.63) is 73.8 Å². The maximum atomic E-state index is 13.4. The highest BCUT2D eigenvalue weighted by atomic mass is 35.5. The highest BCUT2D eigenvalue weighted by molar-refractivity contribution is 7.98. The number of hydrogen-bond donors (Lipinski definition) is 0. The fraction of sp³-hybridized carbons (Fsp3) is 0.304. The third kappa shape index (κ3) is 4.55. The minimum absolute atomic E-state index is 0.0118. The van der Waals surface area contributed by atoms with Gasteiger partial charge in [-0.15, -0.1) is 10.2 Å². The average Bonchev–Trinajstić information content (AvgIpc) is 3.32. The van der Waals surface area contributed by atoms with Gasteiger partial charge in [0.1, 0.15) is 0 Å². The van der Waals surface area contributed by atoms with Crippen LogP contribution in [0, 0.1) is 10.1 Å². The Hall–Kier alpha value is -3.24. The van der Waals surface area contributed by atoms with Crippen LogP contribution in [-0.4, -0.2) is 24.7 Å². The topological polar surface area (TPSA) is 117 Å². The summed E-state index contributed by atoms with van der Waals surface area (Å²) in [6.45, 7) is 0. The smallest absolute Gasteiger partial charge is 0.269 e. The van der Waals surface area contributed by atoms with Gasteiger partial charge in [0.05, 0.1) is 21.6 Å². The summed E-state index contributed by atoms with van der Waals surface area (Å²) in [7, 11) is 0. The van der Waals surface area contributed by atoms with Crippen LogP contribution in [0.4, 0.5) is 5.69 Å². The van der Waals surface area contributed by atoms with Crippen molar-refractivity contribution < 1.29 is 9.34 Å². The Morgan fingerprint density at radius 1 is 1.12 bits per heavy atom. The SMILES string of the molecule is O=c1c2ccc(Cl)cc2nc(SCc2nnc(-c3ccc([N+](=O)[O-])cc3)o2)n1C1CCCCC1. The van der Waals surface area contributed by atoms with Crippen molar-refractivity contribution in [2.75, 3.05) is 0 Å². The van der Waals surface area contributed by atoms with Gasteiger partial charge >= 0.3 is 0 Å². The lowest BCUT2D eigenvalue weighted by molar-refractivity contribution is -0.384. The van der Waals surface area contributed by atoms with Crippen LogP contribution in [-0.2, 0) is 5.75 Å². The molecule has 0 amide bonds. The molecule has 2 heterocycles. The summed E-state index contributed by atoms with van der Waals surface area (Å²) in [5, 5.41) is 20.7. The molecule has 4 aromatic rings. The molecular weight excluding hydrogens is 478 g/mol. The van der Waals surface area contributed by atoms with Crippen LogP contribution < -0.4 is 5.56 Å². The second kappa shape index (κ2) is 9.55. The second-order valence-electron chi connectivity index (χ2n) is 8.12. The van der Waals surface area contributed by atoms with Crippen LogP contribution in [0.15, 0.2) is 56.8 Å². The molecule has 5 rings (SSSR count). The summed E-state index contributed by atoms with van der Waals surface area (Å²) in [6.07, 6.45) is 5.24. The second-order valence-corrected chi connectivity index (χ2v) is 9.50. The van der Waals surface area contributed by atoms with E-state index in [0.29, 0.717) is 38.3 Å². The van der Waals surface area contributed by atoms with E-state index >= 15 is 0 Å². The first-order valence-electron chi connectivity index (χ1n) is 10.9. The lowest BCUT2D eigenvalue weighted by Crippen LogP contribution is -2.29. The molecule has 2 aromatic heterocycles. The summed E-state index contributed by atoms with van der Waals surface area (Å²) in [5.41, 5.74) is 1.08. The highest BCUT2D eigenvalue weighted by Crippen LogP contribution is 2.32. The Kier molecular flexibility index (Phi) is 6.34. The van der Waals surface area contributed by atoms with Gasteiger partial charge < -0.3 is 4.42 Å². The van der Waals surface area contributed by atoms with Gasteiger partial charge in [-0.3, -0.25) is 19.5 Å². The van der Waals surface area contributed by atoms with E-state index in [2.05, 4.69) is 10.2 Å². The summed E-state index contributed by atoms with van der Waals surface area (Å²) in [6, 6.07) is 11.2. The number of fused-ring (bicyclic) bond motifs is 1. The quantitative estimate of drug-likeness (QED) is 0.142. The third-order valence-corrected chi connectivity index (χ3v) is 7.06. The molecule has 11 heteroatoms. The van der Waals surface area contributed by atoms with E-state index in [0.717, 1.165) is 25.7 Å². The maximum absolute atomic E-state index is 13.4. The van der Waals surface area contributed by atoms with Crippen LogP contribution >= 0.6 is 23.4 Å². The Morgan fingerprint density at radius 2 is 1.88 bits per heavy atom. The summed E-state index contributed by atoms with van der Waals surface area (Å²) in [4.78, 5) is 28.6. The summed E-state index contributed by atoms with van der Waals surface area (Å²) < 4.78 is 7.58. The molecule has 9 nitrogen and oxygen atoms in total. The molecular formula is C23H20ClN5O4S. The monoisotopic (exact) mass is 497 g/mol. The molecule has 0 N–H and O–H groups in total. The van der Waals surface area contributed by atoms with Crippen LogP contribution in [0.2, 0.25) is 5.02 Å². The van der Waals surface area contributed by atoms with Crippen LogP contribution in [0.1, 0.15) is 44.0 Å². The molecule has 1 saturated carbocycles. The standard InChI is InChI=1S/C23H20ClN5O4S/c24-15-8-11-18-19(12-15)25-23(28(22(18)30)16-4-2-1-3-5-16)34-13-20-26-27-21(33-20)14-6-9-17(10-7-14)29(31)32/h6-12,16H,1-5,13H2. The Balaban J connectivity index is 1.43. The molecule has 1 aliphatic rings. The number of halogens is 1. The number of nitrogens with zero attached hydrogens (tertiary/aromatic N) is 5. The van der Waals surface area contributed by atoms with E-state index in [1.165, 1.54) is 30.3 Å². The minimum Gasteiger partial charge on any atom is -0.420 e. The molecule has 34 heavy (non-hydrogen) atoms. The van der Waals surface area contributed by atoms with Crippen molar-refractivity contribution >= 4 is 40.0 Å². The number of non-ortho nitro benzene ring substituents is 1. The fourth-order valence-corrected chi connectivity index (χ4v) is 5.26. The molecule has 0 atom stereocenters. The van der Waals surface area contributed by atoms with E-state index in [9.17, 15) is 14.9 Å². The van der Waals surface area contributed by atoms with E-state index < -0.39 is 4.92 Å². The van der Waals surface area contributed by atoms with Crippen molar-refractivity contribution in [3.8, 4) is 11.5 Å². The van der Waals surface area contributed by atoms with Crippen molar-refractivity contribution in [1.29, 1.82) is 0 Å². The Bertz CT molecular complexity index is 1410. The normalized spacial score (nSPS) is 14.5. The number of thioether (sulfide) groups is 1.